The molecule has 0 aliphatic rings. The number of esters is 1. The molecule has 0 spiro atoms. The molecule has 1 heterocycles. The van der Waals surface area contributed by atoms with Gasteiger partial charge in [-0.15, -0.1) is 5.10 Å². The van der Waals surface area contributed by atoms with Crippen molar-refractivity contribution in [3.05, 3.63) is 11.4 Å². The van der Waals surface area contributed by atoms with Crippen LogP contribution in [0.5, 0.6) is 0 Å². The van der Waals surface area contributed by atoms with Gasteiger partial charge in [0.1, 0.15) is 5.69 Å². The van der Waals surface area contributed by atoms with Crippen molar-refractivity contribution < 1.29 is 23.0 Å². The predicted molar refractivity (Wildman–Crippen MR) is 62.0 cm³/mol. The molecule has 1 rings (SSSR count). The number of carbonyl (C=O) groups is 1. The van der Waals surface area contributed by atoms with Crippen LogP contribution in [0.25, 0.3) is 0 Å². The van der Waals surface area contributed by atoms with Gasteiger partial charge >= 0.3 is 5.97 Å². The molecule has 108 valence electrons. The summed E-state index contributed by atoms with van der Waals surface area (Å²) in [7, 11) is 0. The molecule has 0 fully saturated rings. The fourth-order valence-electron chi connectivity index (χ4n) is 1.42. The largest absolute Gasteiger partial charge is 0.461 e. The second kappa shape index (κ2) is 7.13. The normalized spacial score (nSPS) is 11.3. The lowest BCUT2D eigenvalue weighted by Gasteiger charge is -2.09. The Morgan fingerprint density at radius 2 is 2.11 bits per heavy atom. The second-order valence-electron chi connectivity index (χ2n) is 3.99. The first-order valence-corrected chi connectivity index (χ1v) is 5.97. The van der Waals surface area contributed by atoms with Gasteiger partial charge in [-0.05, 0) is 20.8 Å². The number of halogens is 2. The van der Waals surface area contributed by atoms with Crippen LogP contribution in [0.2, 0.25) is 0 Å². The van der Waals surface area contributed by atoms with Gasteiger partial charge in [-0.3, -0.25) is 0 Å². The lowest BCUT2D eigenvalue weighted by molar-refractivity contribution is 0.0502. The first-order chi connectivity index (χ1) is 8.97. The number of ether oxygens (including phenoxy) is 2. The molecule has 0 saturated heterocycles. The predicted octanol–water partition coefficient (Wildman–Crippen LogP) is 1.82. The van der Waals surface area contributed by atoms with Crippen LogP contribution in [-0.2, 0) is 16.0 Å². The summed E-state index contributed by atoms with van der Waals surface area (Å²) in [6, 6.07) is 0. The van der Waals surface area contributed by atoms with Crippen molar-refractivity contribution >= 4 is 5.97 Å². The summed E-state index contributed by atoms with van der Waals surface area (Å²) in [6.07, 6.45) is -2.86. The number of hydrogen-bond acceptors (Lipinski definition) is 5. The van der Waals surface area contributed by atoms with E-state index >= 15 is 0 Å². The molecule has 0 aliphatic heterocycles. The second-order valence-corrected chi connectivity index (χ2v) is 3.99. The molecule has 1 aromatic heterocycles. The summed E-state index contributed by atoms with van der Waals surface area (Å²) >= 11 is 0. The Kier molecular flexibility index (Phi) is 5.81. The standard InChI is InChI=1S/C11H17F2N3O3/c1-4-18-11(17)8-9(10(12)13)16(15-14-8)5-6-19-7(2)3/h7,10H,4-6H2,1-3H3. The SMILES string of the molecule is CCOC(=O)c1nnn(CCOC(C)C)c1C(F)F. The molecular weight excluding hydrogens is 260 g/mol. The third-order valence-electron chi connectivity index (χ3n) is 2.20. The Labute approximate surface area is 109 Å². The van der Waals surface area contributed by atoms with E-state index in [-0.39, 0.29) is 25.9 Å². The molecule has 0 unspecified atom stereocenters. The molecule has 0 bridgehead atoms. The van der Waals surface area contributed by atoms with Gasteiger partial charge in [0.15, 0.2) is 5.69 Å². The summed E-state index contributed by atoms with van der Waals surface area (Å²) in [5, 5.41) is 7.00. The van der Waals surface area contributed by atoms with Gasteiger partial charge in [-0.1, -0.05) is 5.21 Å². The number of alkyl halides is 2. The van der Waals surface area contributed by atoms with Crippen molar-refractivity contribution in [2.45, 2.75) is 39.8 Å². The van der Waals surface area contributed by atoms with Gasteiger partial charge < -0.3 is 9.47 Å². The van der Waals surface area contributed by atoms with Crippen molar-refractivity contribution in [3.8, 4) is 0 Å². The third-order valence-corrected chi connectivity index (χ3v) is 2.20. The Balaban J connectivity index is 2.84. The minimum absolute atomic E-state index is 0.0111. The van der Waals surface area contributed by atoms with Gasteiger partial charge in [0, 0.05) is 0 Å². The van der Waals surface area contributed by atoms with E-state index in [1.165, 1.54) is 0 Å². The lowest BCUT2D eigenvalue weighted by atomic mass is 10.3. The Bertz CT molecular complexity index is 421. The zero-order chi connectivity index (χ0) is 14.4. The average molecular weight is 277 g/mol. The smallest absolute Gasteiger partial charge is 0.361 e. The molecule has 0 saturated carbocycles. The Morgan fingerprint density at radius 3 is 2.63 bits per heavy atom. The molecule has 0 amide bonds. The number of carbonyl (C=O) groups excluding carboxylic acids is 1. The van der Waals surface area contributed by atoms with Crippen molar-refractivity contribution in [2.24, 2.45) is 0 Å². The molecule has 0 aliphatic carbocycles. The molecule has 0 aromatic carbocycles. The Hall–Kier alpha value is -1.57. The van der Waals surface area contributed by atoms with Crippen molar-refractivity contribution in [3.63, 3.8) is 0 Å². The van der Waals surface area contributed by atoms with Crippen molar-refractivity contribution in [1.82, 2.24) is 15.0 Å². The van der Waals surface area contributed by atoms with Gasteiger partial charge in [0.2, 0.25) is 0 Å². The van der Waals surface area contributed by atoms with E-state index in [1.807, 2.05) is 13.8 Å². The molecule has 0 atom stereocenters. The van der Waals surface area contributed by atoms with Gasteiger partial charge in [-0.25, -0.2) is 18.3 Å². The molecule has 0 N–H and O–H groups in total. The first-order valence-electron chi connectivity index (χ1n) is 5.97. The molecule has 1 aromatic rings. The highest BCUT2D eigenvalue weighted by Gasteiger charge is 2.27. The van der Waals surface area contributed by atoms with Crippen LogP contribution in [0.15, 0.2) is 0 Å². The summed E-state index contributed by atoms with van der Waals surface area (Å²) in [5.74, 6) is -0.895. The zero-order valence-electron chi connectivity index (χ0n) is 11.1. The Morgan fingerprint density at radius 1 is 1.42 bits per heavy atom. The number of hydrogen-bond donors (Lipinski definition) is 0. The number of aromatic nitrogens is 3. The summed E-state index contributed by atoms with van der Waals surface area (Å²) in [4.78, 5) is 11.5. The van der Waals surface area contributed by atoms with E-state index in [4.69, 9.17) is 4.74 Å². The molecule has 6 nitrogen and oxygen atoms in total. The minimum Gasteiger partial charge on any atom is -0.461 e. The topological polar surface area (TPSA) is 66.2 Å². The van der Waals surface area contributed by atoms with Crippen molar-refractivity contribution in [1.29, 1.82) is 0 Å². The fourth-order valence-corrected chi connectivity index (χ4v) is 1.42. The zero-order valence-corrected chi connectivity index (χ0v) is 11.1. The maximum absolute atomic E-state index is 13.0. The summed E-state index contributed by atoms with van der Waals surface area (Å²) in [6.45, 7) is 5.65. The average Bonchev–Trinajstić information content (AvgIpc) is 2.73. The monoisotopic (exact) mass is 277 g/mol. The van der Waals surface area contributed by atoms with Crippen LogP contribution in [0.4, 0.5) is 8.78 Å². The van der Waals surface area contributed by atoms with E-state index in [0.717, 1.165) is 4.68 Å². The van der Waals surface area contributed by atoms with E-state index in [9.17, 15) is 13.6 Å². The van der Waals surface area contributed by atoms with Gasteiger partial charge in [-0.2, -0.15) is 0 Å². The van der Waals surface area contributed by atoms with Crippen molar-refractivity contribution in [2.75, 3.05) is 13.2 Å². The highest BCUT2D eigenvalue weighted by Crippen LogP contribution is 2.22. The summed E-state index contributed by atoms with van der Waals surface area (Å²) < 4.78 is 36.8. The first kappa shape index (κ1) is 15.5. The number of nitrogens with zero attached hydrogens (tertiary/aromatic N) is 3. The van der Waals surface area contributed by atoms with Crippen LogP contribution >= 0.6 is 0 Å². The highest BCUT2D eigenvalue weighted by molar-refractivity contribution is 5.88. The maximum atomic E-state index is 13.0. The fraction of sp³-hybridized carbons (Fsp3) is 0.727. The van der Waals surface area contributed by atoms with Crippen LogP contribution in [-0.4, -0.2) is 40.3 Å². The molecular formula is C11H17F2N3O3. The third kappa shape index (κ3) is 4.23. The number of rotatable bonds is 7. The molecule has 19 heavy (non-hydrogen) atoms. The van der Waals surface area contributed by atoms with E-state index in [0.29, 0.717) is 0 Å². The van der Waals surface area contributed by atoms with Crippen LogP contribution < -0.4 is 0 Å². The maximum Gasteiger partial charge on any atom is 0.361 e. The molecule has 8 heteroatoms. The van der Waals surface area contributed by atoms with Gasteiger partial charge in [0.05, 0.1) is 25.9 Å². The van der Waals surface area contributed by atoms with Crippen LogP contribution in [0, 0.1) is 0 Å². The van der Waals surface area contributed by atoms with E-state index in [2.05, 4.69) is 15.0 Å². The van der Waals surface area contributed by atoms with Crippen LogP contribution in [0.1, 0.15) is 43.4 Å². The minimum atomic E-state index is -2.85. The van der Waals surface area contributed by atoms with Crippen LogP contribution in [0.3, 0.4) is 0 Å². The summed E-state index contributed by atoms with van der Waals surface area (Å²) in [5.41, 5.74) is -0.979. The van der Waals surface area contributed by atoms with E-state index in [1.54, 1.807) is 6.92 Å². The molecule has 0 radical (unpaired) electrons. The highest BCUT2D eigenvalue weighted by atomic mass is 19.3. The quantitative estimate of drug-likeness (QED) is 0.711. The van der Waals surface area contributed by atoms with Gasteiger partial charge in [0.25, 0.3) is 6.43 Å². The van der Waals surface area contributed by atoms with E-state index < -0.39 is 23.8 Å². The lowest BCUT2D eigenvalue weighted by Crippen LogP contribution is -2.15.